The molecule has 0 unspecified atom stereocenters. The van der Waals surface area contributed by atoms with Gasteiger partial charge in [-0.2, -0.15) is 0 Å². The summed E-state index contributed by atoms with van der Waals surface area (Å²) in [5, 5.41) is 10.8. The summed E-state index contributed by atoms with van der Waals surface area (Å²) in [5.74, 6) is 0.771. The summed E-state index contributed by atoms with van der Waals surface area (Å²) in [7, 11) is 1.71. The van der Waals surface area contributed by atoms with Gasteiger partial charge in [0.1, 0.15) is 6.33 Å². The first-order valence-electron chi connectivity index (χ1n) is 7.31. The van der Waals surface area contributed by atoms with Crippen molar-refractivity contribution in [2.45, 2.75) is 23.9 Å². The molecule has 7 heteroatoms. The maximum atomic E-state index is 6.24. The zero-order chi connectivity index (χ0) is 16.1. The molecule has 0 radical (unpaired) electrons. The normalized spacial score (nSPS) is 11.2. The Morgan fingerprint density at radius 2 is 2.22 bits per heavy atom. The van der Waals surface area contributed by atoms with E-state index in [9.17, 15) is 0 Å². The van der Waals surface area contributed by atoms with Crippen LogP contribution in [0.15, 0.2) is 41.9 Å². The Bertz CT molecular complexity index is 793. The van der Waals surface area contributed by atoms with Crippen molar-refractivity contribution in [2.75, 3.05) is 13.7 Å². The van der Waals surface area contributed by atoms with Gasteiger partial charge in [-0.3, -0.25) is 4.98 Å². The van der Waals surface area contributed by atoms with Crippen molar-refractivity contribution in [1.29, 1.82) is 0 Å². The molecule has 23 heavy (non-hydrogen) atoms. The van der Waals surface area contributed by atoms with Crippen molar-refractivity contribution in [3.8, 4) is 0 Å². The molecule has 0 fully saturated rings. The van der Waals surface area contributed by atoms with Crippen LogP contribution in [-0.4, -0.2) is 33.5 Å². The quantitative estimate of drug-likeness (QED) is 0.480. The number of benzene rings is 1. The van der Waals surface area contributed by atoms with Gasteiger partial charge in [-0.1, -0.05) is 29.4 Å². The Labute approximate surface area is 144 Å². The van der Waals surface area contributed by atoms with Gasteiger partial charge in [0.15, 0.2) is 5.16 Å². The van der Waals surface area contributed by atoms with Crippen LogP contribution in [0.3, 0.4) is 0 Å². The summed E-state index contributed by atoms with van der Waals surface area (Å²) in [6.45, 7) is 1.58. The highest BCUT2D eigenvalue weighted by Gasteiger charge is 2.09. The molecule has 0 aliphatic carbocycles. The molecular formula is C16H17ClN4OS. The van der Waals surface area contributed by atoms with E-state index < -0.39 is 0 Å². The molecular weight excluding hydrogens is 332 g/mol. The van der Waals surface area contributed by atoms with Gasteiger partial charge >= 0.3 is 0 Å². The first-order valence-corrected chi connectivity index (χ1v) is 8.67. The molecule has 1 aromatic carbocycles. The van der Waals surface area contributed by atoms with Crippen molar-refractivity contribution in [3.63, 3.8) is 0 Å². The largest absolute Gasteiger partial charge is 0.385 e. The Hall–Kier alpha value is -1.63. The van der Waals surface area contributed by atoms with Gasteiger partial charge < -0.3 is 9.30 Å². The predicted molar refractivity (Wildman–Crippen MR) is 92.8 cm³/mol. The summed E-state index contributed by atoms with van der Waals surface area (Å²) in [4.78, 5) is 4.47. The fraction of sp³-hybridized carbons (Fsp3) is 0.312. The SMILES string of the molecule is COCCCn1cnnc1SCc1ccc(Cl)c2cccnc12. The van der Waals surface area contributed by atoms with E-state index in [4.69, 9.17) is 16.3 Å². The lowest BCUT2D eigenvalue weighted by Crippen LogP contribution is -2.02. The number of fused-ring (bicyclic) bond motifs is 1. The van der Waals surface area contributed by atoms with Crippen LogP contribution in [0.1, 0.15) is 12.0 Å². The van der Waals surface area contributed by atoms with E-state index in [-0.39, 0.29) is 0 Å². The lowest BCUT2D eigenvalue weighted by molar-refractivity contribution is 0.189. The molecule has 0 saturated heterocycles. The van der Waals surface area contributed by atoms with Gasteiger partial charge in [0.25, 0.3) is 0 Å². The molecule has 120 valence electrons. The van der Waals surface area contributed by atoms with E-state index in [1.54, 1.807) is 31.4 Å². The standard InChI is InChI=1S/C16H17ClN4OS/c1-22-9-3-8-21-11-19-20-16(21)23-10-12-5-6-14(17)13-4-2-7-18-15(12)13/h2,4-7,11H,3,8-10H2,1H3. The van der Waals surface area contributed by atoms with Crippen molar-refractivity contribution in [2.24, 2.45) is 0 Å². The smallest absolute Gasteiger partial charge is 0.191 e. The van der Waals surface area contributed by atoms with Crippen LogP contribution >= 0.6 is 23.4 Å². The lowest BCUT2D eigenvalue weighted by atomic mass is 10.1. The fourth-order valence-electron chi connectivity index (χ4n) is 2.34. The average molecular weight is 349 g/mol. The maximum absolute atomic E-state index is 6.24. The predicted octanol–water partition coefficient (Wildman–Crippen LogP) is 3.81. The van der Waals surface area contributed by atoms with Crippen LogP contribution in [0.2, 0.25) is 5.02 Å². The fourth-order valence-corrected chi connectivity index (χ4v) is 3.49. The van der Waals surface area contributed by atoms with E-state index >= 15 is 0 Å². The van der Waals surface area contributed by atoms with Gasteiger partial charge in [-0.05, 0) is 30.2 Å². The number of thioether (sulfide) groups is 1. The molecule has 0 N–H and O–H groups in total. The zero-order valence-corrected chi connectivity index (χ0v) is 14.3. The molecule has 0 amide bonds. The van der Waals surface area contributed by atoms with Gasteiger partial charge in [0.2, 0.25) is 0 Å². The number of ether oxygens (including phenoxy) is 1. The second-order valence-electron chi connectivity index (χ2n) is 5.05. The number of hydrogen-bond acceptors (Lipinski definition) is 5. The molecule has 0 aliphatic rings. The summed E-state index contributed by atoms with van der Waals surface area (Å²) in [6.07, 6.45) is 4.49. The molecule has 0 bridgehead atoms. The molecule has 2 aromatic heterocycles. The highest BCUT2D eigenvalue weighted by Crippen LogP contribution is 2.29. The summed E-state index contributed by atoms with van der Waals surface area (Å²) in [6, 6.07) is 7.84. The van der Waals surface area contributed by atoms with Crippen LogP contribution < -0.4 is 0 Å². The number of aromatic nitrogens is 4. The van der Waals surface area contributed by atoms with Gasteiger partial charge in [-0.15, -0.1) is 10.2 Å². The van der Waals surface area contributed by atoms with E-state index in [2.05, 4.69) is 19.7 Å². The highest BCUT2D eigenvalue weighted by atomic mass is 35.5. The van der Waals surface area contributed by atoms with E-state index in [0.717, 1.165) is 52.0 Å². The number of aryl methyl sites for hydroxylation is 1. The molecule has 0 atom stereocenters. The van der Waals surface area contributed by atoms with E-state index in [1.165, 1.54) is 0 Å². The molecule has 5 nitrogen and oxygen atoms in total. The molecule has 2 heterocycles. The number of halogens is 1. The third-order valence-electron chi connectivity index (χ3n) is 3.48. The lowest BCUT2D eigenvalue weighted by Gasteiger charge is -2.08. The minimum Gasteiger partial charge on any atom is -0.385 e. The topological polar surface area (TPSA) is 52.8 Å². The number of hydrogen-bond donors (Lipinski definition) is 0. The third-order valence-corrected chi connectivity index (χ3v) is 4.84. The van der Waals surface area contributed by atoms with Gasteiger partial charge in [0.05, 0.1) is 5.52 Å². The van der Waals surface area contributed by atoms with Gasteiger partial charge in [0, 0.05) is 42.6 Å². The number of pyridine rings is 1. The number of methoxy groups -OCH3 is 1. The van der Waals surface area contributed by atoms with E-state index in [0.29, 0.717) is 0 Å². The van der Waals surface area contributed by atoms with E-state index in [1.807, 2.05) is 24.3 Å². The molecule has 3 aromatic rings. The van der Waals surface area contributed by atoms with Crippen LogP contribution in [0.25, 0.3) is 10.9 Å². The first kappa shape index (κ1) is 16.2. The summed E-state index contributed by atoms with van der Waals surface area (Å²) >= 11 is 7.89. The van der Waals surface area contributed by atoms with Crippen LogP contribution in [0, 0.1) is 0 Å². The molecule has 0 saturated carbocycles. The molecule has 3 rings (SSSR count). The Balaban J connectivity index is 1.74. The second-order valence-corrected chi connectivity index (χ2v) is 6.40. The Morgan fingerprint density at radius 3 is 3.09 bits per heavy atom. The number of nitrogens with zero attached hydrogens (tertiary/aromatic N) is 4. The minimum atomic E-state index is 0.726. The second kappa shape index (κ2) is 7.77. The summed E-state index contributed by atoms with van der Waals surface area (Å²) < 4.78 is 7.14. The first-order chi connectivity index (χ1) is 11.3. The third kappa shape index (κ3) is 3.83. The maximum Gasteiger partial charge on any atom is 0.191 e. The summed E-state index contributed by atoms with van der Waals surface area (Å²) in [5.41, 5.74) is 2.08. The van der Waals surface area contributed by atoms with Crippen molar-refractivity contribution >= 4 is 34.3 Å². The van der Waals surface area contributed by atoms with Crippen LogP contribution in [0.5, 0.6) is 0 Å². The highest BCUT2D eigenvalue weighted by molar-refractivity contribution is 7.98. The van der Waals surface area contributed by atoms with Crippen molar-refractivity contribution < 1.29 is 4.74 Å². The Kier molecular flexibility index (Phi) is 5.48. The molecule has 0 aliphatic heterocycles. The molecule has 0 spiro atoms. The average Bonchev–Trinajstić information content (AvgIpc) is 3.02. The van der Waals surface area contributed by atoms with Crippen molar-refractivity contribution in [1.82, 2.24) is 19.7 Å². The van der Waals surface area contributed by atoms with Crippen LogP contribution in [0.4, 0.5) is 0 Å². The monoisotopic (exact) mass is 348 g/mol. The van der Waals surface area contributed by atoms with Gasteiger partial charge in [-0.25, -0.2) is 0 Å². The Morgan fingerprint density at radius 1 is 1.30 bits per heavy atom. The zero-order valence-electron chi connectivity index (χ0n) is 12.8. The van der Waals surface area contributed by atoms with Crippen LogP contribution in [-0.2, 0) is 17.0 Å². The minimum absolute atomic E-state index is 0.726. The number of rotatable bonds is 7. The van der Waals surface area contributed by atoms with Crippen molar-refractivity contribution in [3.05, 3.63) is 47.4 Å².